The summed E-state index contributed by atoms with van der Waals surface area (Å²) in [4.78, 5) is 11.2. The lowest BCUT2D eigenvalue weighted by molar-refractivity contribution is -0.116. The first-order valence-corrected chi connectivity index (χ1v) is 8.07. The van der Waals surface area contributed by atoms with Crippen LogP contribution >= 0.6 is 0 Å². The Bertz CT molecular complexity index is 243. The van der Waals surface area contributed by atoms with Crippen LogP contribution in [0, 0.1) is 0 Å². The number of hydrogen-bond acceptors (Lipinski definition) is 3. The van der Waals surface area contributed by atoms with E-state index in [0.717, 1.165) is 32.4 Å². The number of carbonyl (C=O) groups is 1. The minimum atomic E-state index is -0.00321. The number of carbonyl (C=O) groups excluding carboxylic acids is 1. The summed E-state index contributed by atoms with van der Waals surface area (Å²) in [6.45, 7) is 4.89. The normalized spacial score (nSPS) is 11.1. The molecule has 3 N–H and O–H groups in total. The van der Waals surface area contributed by atoms with E-state index in [1.54, 1.807) is 6.08 Å². The molecular weight excluding hydrogens is 252 g/mol. The minimum absolute atomic E-state index is 0.00321. The highest BCUT2D eigenvalue weighted by Gasteiger charge is 1.94. The maximum absolute atomic E-state index is 11.2. The van der Waals surface area contributed by atoms with Gasteiger partial charge in [-0.25, -0.2) is 0 Å². The number of allylic oxidation sites excluding steroid dienone is 1. The molecule has 1 amide bonds. The number of aliphatic hydroxyl groups is 1. The summed E-state index contributed by atoms with van der Waals surface area (Å²) in [7, 11) is 0. The van der Waals surface area contributed by atoms with Gasteiger partial charge >= 0.3 is 0 Å². The van der Waals surface area contributed by atoms with Crippen molar-refractivity contribution in [1.29, 1.82) is 0 Å². The average molecular weight is 284 g/mol. The lowest BCUT2D eigenvalue weighted by atomic mass is 10.1. The molecule has 0 unspecified atom stereocenters. The van der Waals surface area contributed by atoms with Gasteiger partial charge in [0.25, 0.3) is 0 Å². The highest BCUT2D eigenvalue weighted by Crippen LogP contribution is 2.06. The number of unbranched alkanes of at least 4 members (excludes halogenated alkanes) is 6. The predicted molar refractivity (Wildman–Crippen MR) is 84.7 cm³/mol. The summed E-state index contributed by atoms with van der Waals surface area (Å²) in [6.07, 6.45) is 12.7. The first-order chi connectivity index (χ1) is 9.81. The quantitative estimate of drug-likeness (QED) is 0.339. The van der Waals surface area contributed by atoms with Crippen molar-refractivity contribution in [3.63, 3.8) is 0 Å². The third-order valence-corrected chi connectivity index (χ3v) is 3.12. The van der Waals surface area contributed by atoms with Crippen LogP contribution in [0.25, 0.3) is 0 Å². The van der Waals surface area contributed by atoms with Gasteiger partial charge < -0.3 is 15.7 Å². The summed E-state index contributed by atoms with van der Waals surface area (Å²) in [6, 6.07) is 0. The molecule has 0 saturated heterocycles. The summed E-state index contributed by atoms with van der Waals surface area (Å²) in [5.74, 6) is -0.00321. The van der Waals surface area contributed by atoms with Gasteiger partial charge in [0.15, 0.2) is 0 Å². The third-order valence-electron chi connectivity index (χ3n) is 3.12. The second-order valence-corrected chi connectivity index (χ2v) is 5.05. The Labute approximate surface area is 124 Å². The van der Waals surface area contributed by atoms with Gasteiger partial charge in [-0.1, -0.05) is 45.1 Å². The smallest absolute Gasteiger partial charge is 0.243 e. The molecule has 0 saturated carbocycles. The number of rotatable bonds is 14. The average Bonchev–Trinajstić information content (AvgIpc) is 2.46. The Morgan fingerprint density at radius 3 is 2.25 bits per heavy atom. The molecule has 0 heterocycles. The first kappa shape index (κ1) is 19.1. The summed E-state index contributed by atoms with van der Waals surface area (Å²) < 4.78 is 0. The molecule has 4 heteroatoms. The molecule has 0 aliphatic rings. The van der Waals surface area contributed by atoms with Crippen molar-refractivity contribution in [3.8, 4) is 0 Å². The van der Waals surface area contributed by atoms with E-state index in [0.29, 0.717) is 13.2 Å². The highest BCUT2D eigenvalue weighted by molar-refractivity contribution is 5.87. The fourth-order valence-corrected chi connectivity index (χ4v) is 1.93. The van der Waals surface area contributed by atoms with E-state index in [2.05, 4.69) is 10.6 Å². The van der Waals surface area contributed by atoms with Gasteiger partial charge in [0.05, 0.1) is 0 Å². The first-order valence-electron chi connectivity index (χ1n) is 8.07. The van der Waals surface area contributed by atoms with Crippen LogP contribution in [0.3, 0.4) is 0 Å². The Kier molecular flexibility index (Phi) is 15.5. The molecule has 20 heavy (non-hydrogen) atoms. The van der Waals surface area contributed by atoms with Gasteiger partial charge in [0.2, 0.25) is 5.91 Å². The molecule has 0 bridgehead atoms. The molecular formula is C16H32N2O2. The molecule has 0 spiro atoms. The van der Waals surface area contributed by atoms with Crippen LogP contribution in [0.15, 0.2) is 12.2 Å². The van der Waals surface area contributed by atoms with Crippen LogP contribution in [0.1, 0.15) is 58.3 Å². The van der Waals surface area contributed by atoms with Crippen LogP contribution in [-0.4, -0.2) is 37.3 Å². The van der Waals surface area contributed by atoms with E-state index in [-0.39, 0.29) is 5.91 Å². The van der Waals surface area contributed by atoms with Crippen molar-refractivity contribution >= 4 is 5.91 Å². The molecule has 0 aromatic heterocycles. The van der Waals surface area contributed by atoms with E-state index in [1.165, 1.54) is 32.1 Å². The van der Waals surface area contributed by atoms with Crippen LogP contribution in [0.4, 0.5) is 0 Å². The standard InChI is InChI=1S/C16H32N2O2/c1-2-3-11-16(20)18-14-13-17-12-9-7-5-4-6-8-10-15-19/h3,11,17,19H,2,4-10,12-15H2,1H3,(H,18,20)/b11-3+. The topological polar surface area (TPSA) is 61.4 Å². The van der Waals surface area contributed by atoms with Crippen LogP contribution < -0.4 is 10.6 Å². The molecule has 118 valence electrons. The van der Waals surface area contributed by atoms with Crippen molar-refractivity contribution in [2.75, 3.05) is 26.2 Å². The second kappa shape index (κ2) is 16.2. The largest absolute Gasteiger partial charge is 0.396 e. The lowest BCUT2D eigenvalue weighted by Crippen LogP contribution is -2.31. The van der Waals surface area contributed by atoms with Crippen molar-refractivity contribution in [3.05, 3.63) is 12.2 Å². The van der Waals surface area contributed by atoms with E-state index in [4.69, 9.17) is 5.11 Å². The van der Waals surface area contributed by atoms with Gasteiger partial charge in [-0.15, -0.1) is 0 Å². The minimum Gasteiger partial charge on any atom is -0.396 e. The third kappa shape index (κ3) is 15.2. The van der Waals surface area contributed by atoms with E-state index in [9.17, 15) is 4.79 Å². The predicted octanol–water partition coefficient (Wildman–Crippen LogP) is 2.38. The Balaban J connectivity index is 3.09. The van der Waals surface area contributed by atoms with Crippen molar-refractivity contribution < 1.29 is 9.90 Å². The molecule has 0 aromatic carbocycles. The van der Waals surface area contributed by atoms with E-state index < -0.39 is 0 Å². The number of nitrogens with one attached hydrogen (secondary N) is 2. The zero-order valence-corrected chi connectivity index (χ0v) is 13.0. The second-order valence-electron chi connectivity index (χ2n) is 5.05. The summed E-state index contributed by atoms with van der Waals surface area (Å²) in [5.41, 5.74) is 0. The summed E-state index contributed by atoms with van der Waals surface area (Å²) in [5, 5.41) is 14.8. The lowest BCUT2D eigenvalue weighted by Gasteiger charge is -2.05. The van der Waals surface area contributed by atoms with E-state index in [1.807, 2.05) is 13.0 Å². The maximum atomic E-state index is 11.2. The van der Waals surface area contributed by atoms with Crippen molar-refractivity contribution in [2.24, 2.45) is 0 Å². The highest BCUT2D eigenvalue weighted by atomic mass is 16.2. The molecule has 0 aliphatic carbocycles. The van der Waals surface area contributed by atoms with Gasteiger partial charge in [-0.05, 0) is 31.9 Å². The summed E-state index contributed by atoms with van der Waals surface area (Å²) >= 11 is 0. The zero-order chi connectivity index (χ0) is 14.9. The SMILES string of the molecule is CC/C=C/C(=O)NCCNCCCCCCCCCO. The Morgan fingerprint density at radius 1 is 0.950 bits per heavy atom. The number of aliphatic hydroxyl groups excluding tert-OH is 1. The van der Waals surface area contributed by atoms with Crippen LogP contribution in [0.2, 0.25) is 0 Å². The fraction of sp³-hybridized carbons (Fsp3) is 0.812. The Morgan fingerprint density at radius 2 is 1.60 bits per heavy atom. The van der Waals surface area contributed by atoms with Crippen LogP contribution in [-0.2, 0) is 4.79 Å². The van der Waals surface area contributed by atoms with Gasteiger partial charge in [-0.2, -0.15) is 0 Å². The Hall–Kier alpha value is -0.870. The van der Waals surface area contributed by atoms with Crippen LogP contribution in [0.5, 0.6) is 0 Å². The molecule has 0 aromatic rings. The zero-order valence-electron chi connectivity index (χ0n) is 13.0. The number of amides is 1. The monoisotopic (exact) mass is 284 g/mol. The van der Waals surface area contributed by atoms with Gasteiger partial charge in [-0.3, -0.25) is 4.79 Å². The molecule has 0 radical (unpaired) electrons. The van der Waals surface area contributed by atoms with E-state index >= 15 is 0 Å². The molecule has 0 fully saturated rings. The fourth-order valence-electron chi connectivity index (χ4n) is 1.93. The molecule has 0 atom stereocenters. The maximum Gasteiger partial charge on any atom is 0.243 e. The van der Waals surface area contributed by atoms with Gasteiger partial charge in [0.1, 0.15) is 0 Å². The van der Waals surface area contributed by atoms with Crippen molar-refractivity contribution in [1.82, 2.24) is 10.6 Å². The molecule has 0 rings (SSSR count). The number of hydrogen-bond donors (Lipinski definition) is 3. The van der Waals surface area contributed by atoms with Crippen molar-refractivity contribution in [2.45, 2.75) is 58.3 Å². The molecule has 4 nitrogen and oxygen atoms in total. The molecule has 0 aliphatic heterocycles. The van der Waals surface area contributed by atoms with Gasteiger partial charge in [0, 0.05) is 19.7 Å².